The topological polar surface area (TPSA) is 37.4 Å². The Labute approximate surface area is 213 Å². The Hall–Kier alpha value is -2.03. The molecule has 0 unspecified atom stereocenters. The Morgan fingerprint density at radius 2 is 0.714 bits per heavy atom. The summed E-state index contributed by atoms with van der Waals surface area (Å²) in [6, 6.07) is -7.86. The fraction of sp³-hybridized carbons (Fsp3) is 0.857. The minimum Gasteiger partial charge on any atom is -0.205 e. The van der Waals surface area contributed by atoms with Crippen LogP contribution in [0.25, 0.3) is 0 Å². The van der Waals surface area contributed by atoms with Gasteiger partial charge in [-0.1, -0.05) is 6.08 Å². The molecule has 0 amide bonds. The van der Waals surface area contributed by atoms with Gasteiger partial charge >= 0.3 is 65.1 Å². The molecule has 0 N–H and O–H groups in total. The van der Waals surface area contributed by atoms with E-state index in [1.165, 1.54) is 0 Å². The van der Waals surface area contributed by atoms with Crippen molar-refractivity contribution < 1.29 is 114 Å². The molecule has 0 saturated heterocycles. The van der Waals surface area contributed by atoms with E-state index in [0.29, 0.717) is 0 Å². The molecule has 252 valence electrons. The van der Waals surface area contributed by atoms with E-state index in [2.05, 4.69) is 6.58 Å². The molecule has 0 aliphatic rings. The fourth-order valence-corrected chi connectivity index (χ4v) is 3.71. The minimum absolute atomic E-state index is 0.757. The van der Waals surface area contributed by atoms with Crippen LogP contribution in [0.3, 0.4) is 0 Å². The monoisotopic (exact) mass is 707 g/mol. The van der Waals surface area contributed by atoms with Gasteiger partial charge in [0, 0.05) is 6.54 Å². The Morgan fingerprint density at radius 3 is 0.976 bits per heavy atom. The maximum Gasteiger partial charge on any atom is 0.461 e. The first-order valence-electron chi connectivity index (χ1n) is 8.86. The molecule has 0 rings (SSSR count). The van der Waals surface area contributed by atoms with Crippen molar-refractivity contribution >= 4 is 10.0 Å². The Morgan fingerprint density at radius 1 is 0.452 bits per heavy atom. The van der Waals surface area contributed by atoms with Gasteiger partial charge in [-0.15, -0.1) is 10.9 Å². The van der Waals surface area contributed by atoms with Crippen LogP contribution >= 0.6 is 0 Å². The van der Waals surface area contributed by atoms with Gasteiger partial charge in [-0.3, -0.25) is 0 Å². The van der Waals surface area contributed by atoms with Crippen LogP contribution in [0.2, 0.25) is 0 Å². The average Bonchev–Trinajstić information content (AvgIpc) is 2.74. The lowest BCUT2D eigenvalue weighted by atomic mass is 9.91. The largest absolute Gasteiger partial charge is 0.461 e. The molecular weight excluding hydrogens is 702 g/mol. The molecule has 0 atom stereocenters. The lowest BCUT2D eigenvalue weighted by Gasteiger charge is -2.43. The first-order chi connectivity index (χ1) is 17.7. The lowest BCUT2D eigenvalue weighted by Crippen LogP contribution is -2.76. The van der Waals surface area contributed by atoms with Crippen LogP contribution in [0.15, 0.2) is 12.7 Å². The van der Waals surface area contributed by atoms with Crippen LogP contribution in [-0.2, 0) is 10.0 Å². The molecule has 0 bridgehead atoms. The van der Waals surface area contributed by atoms with Crippen LogP contribution in [0, 0.1) is 0 Å². The Kier molecular flexibility index (Phi) is 9.51. The van der Waals surface area contributed by atoms with Crippen molar-refractivity contribution in [2.24, 2.45) is 0 Å². The highest BCUT2D eigenvalue weighted by Gasteiger charge is 2.96. The summed E-state index contributed by atoms with van der Waals surface area (Å²) in [5.41, 5.74) is 0. The Bertz CT molecular complexity index is 1110. The molecule has 0 aliphatic carbocycles. The van der Waals surface area contributed by atoms with Gasteiger partial charge in [0.15, 0.2) is 0 Å². The lowest BCUT2D eigenvalue weighted by molar-refractivity contribution is -0.458. The molecule has 0 aromatic rings. The molecule has 28 heteroatoms. The first-order valence-corrected chi connectivity index (χ1v) is 10.3. The predicted octanol–water partition coefficient (Wildman–Crippen LogP) is 7.56. The molecule has 3 nitrogen and oxygen atoms in total. The van der Waals surface area contributed by atoms with Crippen molar-refractivity contribution in [1.29, 1.82) is 0 Å². The maximum atomic E-state index is 14.1. The van der Waals surface area contributed by atoms with Crippen LogP contribution in [-0.4, -0.2) is 84.4 Å². The van der Waals surface area contributed by atoms with Crippen LogP contribution in [0.4, 0.5) is 105 Å². The number of sulfonamides is 1. The first kappa shape index (κ1) is 40.0. The third-order valence-electron chi connectivity index (χ3n) is 4.65. The van der Waals surface area contributed by atoms with Gasteiger partial charge in [-0.05, 0) is 0 Å². The summed E-state index contributed by atoms with van der Waals surface area (Å²) in [7, 11) is -9.22. The predicted molar refractivity (Wildman–Crippen MR) is 82.5 cm³/mol. The van der Waals surface area contributed by atoms with Crippen molar-refractivity contribution in [3.05, 3.63) is 12.7 Å². The molecular formula is C14H5F24NO2S. The SMILES string of the molecule is C=CCN(C(F)(F)C(F)(F)C(F)(F)F)S(=O)(=O)C(F)(F)C(F)(F)C(F)(F)C(F)(F)C(F)(F)C(F)(F)C(F)(F)C(F)(F)F. The smallest absolute Gasteiger partial charge is 0.205 e. The standard InChI is InChI=1S/C14H5F24NO2S/c1-2-3-39(13(35,36)10(27,28)12(32,33)34)42(40,41)14(37,38)9(25,26)7(21,22)5(17,18)4(15,16)6(19,20)8(23,24)11(29,30)31/h2H,1,3H2. The summed E-state index contributed by atoms with van der Waals surface area (Å²) in [6.07, 6.45) is -16.6. The highest BCUT2D eigenvalue weighted by molar-refractivity contribution is 7.90. The number of rotatable bonds is 12. The normalized spacial score (nSPS) is 16.7. The molecule has 42 heavy (non-hydrogen) atoms. The molecule has 0 fully saturated rings. The molecule has 0 heterocycles. The van der Waals surface area contributed by atoms with E-state index in [-0.39, 0.29) is 0 Å². The second-order valence-corrected chi connectivity index (χ2v) is 9.30. The number of hydrogen-bond acceptors (Lipinski definition) is 2. The zero-order valence-corrected chi connectivity index (χ0v) is 19.1. The summed E-state index contributed by atoms with van der Waals surface area (Å²) in [6.45, 7) is -1.10. The van der Waals surface area contributed by atoms with Crippen molar-refractivity contribution in [1.82, 2.24) is 4.31 Å². The average molecular weight is 707 g/mol. The molecule has 0 radical (unpaired) electrons. The van der Waals surface area contributed by atoms with Crippen molar-refractivity contribution in [3.63, 3.8) is 0 Å². The maximum absolute atomic E-state index is 14.1. The Balaban J connectivity index is 7.51. The minimum atomic E-state index is -9.40. The zero-order valence-electron chi connectivity index (χ0n) is 18.2. The second-order valence-electron chi connectivity index (χ2n) is 7.40. The van der Waals surface area contributed by atoms with Gasteiger partial charge in [0.1, 0.15) is 0 Å². The van der Waals surface area contributed by atoms with E-state index >= 15 is 0 Å². The van der Waals surface area contributed by atoms with Crippen molar-refractivity contribution in [3.8, 4) is 0 Å². The van der Waals surface area contributed by atoms with Crippen molar-refractivity contribution in [2.45, 2.75) is 65.1 Å². The van der Waals surface area contributed by atoms with Gasteiger partial charge in [0.2, 0.25) is 0 Å². The number of halogens is 24. The quantitative estimate of drug-likeness (QED) is 0.119. The van der Waals surface area contributed by atoms with Gasteiger partial charge < -0.3 is 0 Å². The number of nitrogens with zero attached hydrogens (tertiary/aromatic N) is 1. The summed E-state index contributed by atoms with van der Waals surface area (Å²) < 4.78 is 336. The number of hydrogen-bond donors (Lipinski definition) is 0. The fourth-order valence-electron chi connectivity index (χ4n) is 2.26. The van der Waals surface area contributed by atoms with Gasteiger partial charge in [0.25, 0.3) is 10.0 Å². The van der Waals surface area contributed by atoms with Crippen LogP contribution in [0.5, 0.6) is 0 Å². The highest BCUT2D eigenvalue weighted by atomic mass is 32.2. The zero-order chi connectivity index (χ0) is 35.0. The van der Waals surface area contributed by atoms with Gasteiger partial charge in [-0.2, -0.15) is 105 Å². The molecule has 0 aliphatic heterocycles. The van der Waals surface area contributed by atoms with E-state index in [9.17, 15) is 114 Å². The van der Waals surface area contributed by atoms with Gasteiger partial charge in [-0.25, -0.2) is 8.42 Å². The highest BCUT2D eigenvalue weighted by Crippen LogP contribution is 2.65. The van der Waals surface area contributed by atoms with E-state index < -0.39 is 92.1 Å². The molecule has 0 spiro atoms. The third kappa shape index (κ3) is 4.89. The second kappa shape index (κ2) is 10.00. The molecule has 0 aromatic carbocycles. The van der Waals surface area contributed by atoms with Crippen LogP contribution in [0.1, 0.15) is 0 Å². The third-order valence-corrected chi connectivity index (χ3v) is 6.51. The summed E-state index contributed by atoms with van der Waals surface area (Å²) in [5, 5.41) is -8.82. The number of alkyl halides is 24. The summed E-state index contributed by atoms with van der Waals surface area (Å²) >= 11 is 0. The summed E-state index contributed by atoms with van der Waals surface area (Å²) in [4.78, 5) is 0. The van der Waals surface area contributed by atoms with E-state index in [0.717, 1.165) is 0 Å². The van der Waals surface area contributed by atoms with Gasteiger partial charge in [0.05, 0.1) is 0 Å². The van der Waals surface area contributed by atoms with E-state index in [1.54, 1.807) is 0 Å². The molecule has 0 aromatic heterocycles. The molecule has 0 saturated carbocycles. The van der Waals surface area contributed by atoms with E-state index in [4.69, 9.17) is 0 Å². The summed E-state index contributed by atoms with van der Waals surface area (Å²) in [5.74, 6) is -62.9. The van der Waals surface area contributed by atoms with E-state index in [1.807, 2.05) is 0 Å². The van der Waals surface area contributed by atoms with Crippen LogP contribution < -0.4 is 0 Å². The van der Waals surface area contributed by atoms with Crippen molar-refractivity contribution in [2.75, 3.05) is 6.54 Å².